The zero-order valence-electron chi connectivity index (χ0n) is 11.6. The number of hydrogen-bond donors (Lipinski definition) is 1. The minimum Gasteiger partial charge on any atom is -0.497 e. The van der Waals surface area contributed by atoms with E-state index in [0.717, 1.165) is 5.56 Å². The lowest BCUT2D eigenvalue weighted by atomic mass is 10.1. The van der Waals surface area contributed by atoms with E-state index in [2.05, 4.69) is 0 Å². The van der Waals surface area contributed by atoms with E-state index in [-0.39, 0.29) is 17.1 Å². The molecule has 5 nitrogen and oxygen atoms in total. The van der Waals surface area contributed by atoms with Crippen LogP contribution in [0.15, 0.2) is 36.4 Å². The molecule has 106 valence electrons. The summed E-state index contributed by atoms with van der Waals surface area (Å²) in [4.78, 5) is 11.3. The second kappa shape index (κ2) is 5.97. The zero-order valence-corrected chi connectivity index (χ0v) is 11.6. The fourth-order valence-electron chi connectivity index (χ4n) is 1.82. The van der Waals surface area contributed by atoms with Gasteiger partial charge in [-0.05, 0) is 31.2 Å². The molecule has 1 N–H and O–H groups in total. The lowest BCUT2D eigenvalue weighted by Gasteiger charge is -2.11. The van der Waals surface area contributed by atoms with Crippen LogP contribution in [0.25, 0.3) is 0 Å². The van der Waals surface area contributed by atoms with Gasteiger partial charge in [0.05, 0.1) is 12.7 Å². The van der Waals surface area contributed by atoms with E-state index in [1.165, 1.54) is 13.2 Å². The van der Waals surface area contributed by atoms with Crippen LogP contribution in [0.1, 0.15) is 21.5 Å². The highest BCUT2D eigenvalue weighted by atomic mass is 16.5. The second-order valence-corrected chi connectivity index (χ2v) is 4.38. The number of methoxy groups -OCH3 is 1. The van der Waals surface area contributed by atoms with E-state index < -0.39 is 5.97 Å². The predicted molar refractivity (Wildman–Crippen MR) is 75.9 cm³/mol. The topological polar surface area (TPSA) is 79.5 Å². The van der Waals surface area contributed by atoms with Gasteiger partial charge >= 0.3 is 5.97 Å². The average Bonchev–Trinajstić information content (AvgIpc) is 2.48. The van der Waals surface area contributed by atoms with Gasteiger partial charge < -0.3 is 14.6 Å². The Morgan fingerprint density at radius 2 is 1.95 bits per heavy atom. The molecule has 5 heteroatoms. The SMILES string of the molecule is COc1ccc(C#N)c(Oc2ccc(C)cc2C(=O)O)c1. The van der Waals surface area contributed by atoms with E-state index in [4.69, 9.17) is 14.7 Å². The van der Waals surface area contributed by atoms with E-state index in [0.29, 0.717) is 11.3 Å². The Labute approximate surface area is 122 Å². The summed E-state index contributed by atoms with van der Waals surface area (Å²) in [5.41, 5.74) is 1.15. The second-order valence-electron chi connectivity index (χ2n) is 4.38. The van der Waals surface area contributed by atoms with Gasteiger partial charge in [0.25, 0.3) is 0 Å². The number of rotatable bonds is 4. The number of nitrogens with zero attached hydrogens (tertiary/aromatic N) is 1. The number of aryl methyl sites for hydroxylation is 1. The number of carbonyl (C=O) groups is 1. The number of hydrogen-bond acceptors (Lipinski definition) is 4. The number of ether oxygens (including phenoxy) is 2. The summed E-state index contributed by atoms with van der Waals surface area (Å²) < 4.78 is 10.7. The van der Waals surface area contributed by atoms with Crippen molar-refractivity contribution < 1.29 is 19.4 Å². The molecule has 0 fully saturated rings. The summed E-state index contributed by atoms with van der Waals surface area (Å²) >= 11 is 0. The molecule has 0 spiro atoms. The van der Waals surface area contributed by atoms with Crippen molar-refractivity contribution in [1.82, 2.24) is 0 Å². The first-order chi connectivity index (χ1) is 10.0. The quantitative estimate of drug-likeness (QED) is 0.930. The van der Waals surface area contributed by atoms with Gasteiger partial charge in [0.1, 0.15) is 28.9 Å². The average molecular weight is 283 g/mol. The van der Waals surface area contributed by atoms with Crippen LogP contribution in [-0.2, 0) is 0 Å². The van der Waals surface area contributed by atoms with Gasteiger partial charge in [0, 0.05) is 6.07 Å². The summed E-state index contributed by atoms with van der Waals surface area (Å²) in [6.07, 6.45) is 0. The van der Waals surface area contributed by atoms with Gasteiger partial charge in [-0.25, -0.2) is 4.79 Å². The highest BCUT2D eigenvalue weighted by Crippen LogP contribution is 2.31. The molecule has 2 rings (SSSR count). The molecule has 0 heterocycles. The molecule has 0 aliphatic rings. The maximum Gasteiger partial charge on any atom is 0.339 e. The van der Waals surface area contributed by atoms with E-state index in [9.17, 15) is 9.90 Å². The lowest BCUT2D eigenvalue weighted by Crippen LogP contribution is -2.01. The minimum absolute atomic E-state index is 0.0432. The Kier molecular flexibility index (Phi) is 4.10. The summed E-state index contributed by atoms with van der Waals surface area (Å²) in [7, 11) is 1.50. The van der Waals surface area contributed by atoms with Crippen molar-refractivity contribution >= 4 is 5.97 Å². The molecule has 21 heavy (non-hydrogen) atoms. The Balaban J connectivity index is 2.47. The smallest absolute Gasteiger partial charge is 0.339 e. The summed E-state index contributed by atoms with van der Waals surface area (Å²) in [5.74, 6) is -0.135. The first-order valence-corrected chi connectivity index (χ1v) is 6.15. The number of aromatic carboxylic acids is 1. The molecule has 0 aromatic heterocycles. The highest BCUT2D eigenvalue weighted by molar-refractivity contribution is 5.91. The van der Waals surface area contributed by atoms with Crippen LogP contribution in [0.5, 0.6) is 17.2 Å². The molecule has 2 aromatic carbocycles. The van der Waals surface area contributed by atoms with Crippen molar-refractivity contribution in [2.75, 3.05) is 7.11 Å². The van der Waals surface area contributed by atoms with Gasteiger partial charge in [0.15, 0.2) is 0 Å². The fraction of sp³-hybridized carbons (Fsp3) is 0.125. The van der Waals surface area contributed by atoms with Crippen molar-refractivity contribution in [3.05, 3.63) is 53.1 Å². The van der Waals surface area contributed by atoms with Gasteiger partial charge in [-0.15, -0.1) is 0 Å². The summed E-state index contributed by atoms with van der Waals surface area (Å²) in [6.45, 7) is 1.79. The highest BCUT2D eigenvalue weighted by Gasteiger charge is 2.14. The third-order valence-electron chi connectivity index (χ3n) is 2.89. The third-order valence-corrected chi connectivity index (χ3v) is 2.89. The maximum absolute atomic E-state index is 11.3. The summed E-state index contributed by atoms with van der Waals surface area (Å²) in [6, 6.07) is 11.6. The lowest BCUT2D eigenvalue weighted by molar-refractivity contribution is 0.0694. The molecule has 2 aromatic rings. The van der Waals surface area contributed by atoms with Crippen LogP contribution in [0.3, 0.4) is 0 Å². The molecular weight excluding hydrogens is 270 g/mol. The Morgan fingerprint density at radius 1 is 1.19 bits per heavy atom. The third kappa shape index (κ3) is 3.12. The van der Waals surface area contributed by atoms with Gasteiger partial charge in [-0.1, -0.05) is 11.6 Å². The molecule has 0 aliphatic carbocycles. The van der Waals surface area contributed by atoms with Gasteiger partial charge in [0.2, 0.25) is 0 Å². The Morgan fingerprint density at radius 3 is 2.57 bits per heavy atom. The monoisotopic (exact) mass is 283 g/mol. The first kappa shape index (κ1) is 14.4. The standard InChI is InChI=1S/C16H13NO4/c1-10-3-6-14(13(7-10)16(18)19)21-15-8-12(20-2)5-4-11(15)9-17/h3-8H,1-2H3,(H,18,19). The molecule has 0 aliphatic heterocycles. The van der Waals surface area contributed by atoms with Crippen LogP contribution < -0.4 is 9.47 Å². The Bertz CT molecular complexity index is 732. The minimum atomic E-state index is -1.09. The van der Waals surface area contributed by atoms with E-state index in [1.807, 2.05) is 6.07 Å². The van der Waals surface area contributed by atoms with Crippen LogP contribution in [0, 0.1) is 18.3 Å². The maximum atomic E-state index is 11.3. The largest absolute Gasteiger partial charge is 0.497 e. The molecule has 0 unspecified atom stereocenters. The zero-order chi connectivity index (χ0) is 15.4. The van der Waals surface area contributed by atoms with E-state index >= 15 is 0 Å². The number of carboxylic acids is 1. The van der Waals surface area contributed by atoms with Crippen molar-refractivity contribution in [2.45, 2.75) is 6.92 Å². The number of nitriles is 1. The molecule has 0 saturated heterocycles. The fourth-order valence-corrected chi connectivity index (χ4v) is 1.82. The van der Waals surface area contributed by atoms with Crippen LogP contribution in [0.4, 0.5) is 0 Å². The first-order valence-electron chi connectivity index (χ1n) is 6.15. The number of carboxylic acid groups (broad SMARTS) is 1. The van der Waals surface area contributed by atoms with Crippen molar-refractivity contribution in [3.8, 4) is 23.3 Å². The normalized spacial score (nSPS) is 9.76. The molecule has 0 atom stereocenters. The molecule has 0 bridgehead atoms. The summed E-state index contributed by atoms with van der Waals surface area (Å²) in [5, 5.41) is 18.3. The molecule has 0 saturated carbocycles. The van der Waals surface area contributed by atoms with Gasteiger partial charge in [-0.3, -0.25) is 0 Å². The molecule has 0 radical (unpaired) electrons. The molecular formula is C16H13NO4. The number of benzene rings is 2. The van der Waals surface area contributed by atoms with Crippen molar-refractivity contribution in [2.24, 2.45) is 0 Å². The van der Waals surface area contributed by atoms with Gasteiger partial charge in [-0.2, -0.15) is 5.26 Å². The van der Waals surface area contributed by atoms with Crippen LogP contribution in [0.2, 0.25) is 0 Å². The van der Waals surface area contributed by atoms with Crippen molar-refractivity contribution in [3.63, 3.8) is 0 Å². The van der Waals surface area contributed by atoms with Crippen molar-refractivity contribution in [1.29, 1.82) is 5.26 Å². The van der Waals surface area contributed by atoms with Crippen LogP contribution in [-0.4, -0.2) is 18.2 Å². The van der Waals surface area contributed by atoms with Crippen LogP contribution >= 0.6 is 0 Å². The molecule has 0 amide bonds. The predicted octanol–water partition coefficient (Wildman–Crippen LogP) is 3.37. The Hall–Kier alpha value is -3.00. The van der Waals surface area contributed by atoms with E-state index in [1.54, 1.807) is 37.3 Å².